The number of fused-ring (bicyclic) bond motifs is 1. The molecule has 0 amide bonds. The van der Waals surface area contributed by atoms with Crippen LogP contribution in [0.4, 0.5) is 11.6 Å². The van der Waals surface area contributed by atoms with Gasteiger partial charge in [0.2, 0.25) is 0 Å². The van der Waals surface area contributed by atoms with Crippen molar-refractivity contribution in [2.75, 3.05) is 42.6 Å². The summed E-state index contributed by atoms with van der Waals surface area (Å²) in [5.41, 5.74) is 3.41. The van der Waals surface area contributed by atoms with Crippen molar-refractivity contribution < 1.29 is 9.15 Å². The monoisotopic (exact) mass is 388 g/mol. The van der Waals surface area contributed by atoms with Crippen LogP contribution in [0.5, 0.6) is 0 Å². The molecule has 2 aliphatic heterocycles. The van der Waals surface area contributed by atoms with Gasteiger partial charge in [0, 0.05) is 38.2 Å². The number of rotatable bonds is 3. The maximum Gasteiger partial charge on any atom is 0.154 e. The third-order valence-electron chi connectivity index (χ3n) is 5.36. The number of hydrogen-bond acceptors (Lipinski definition) is 8. The Bertz CT molecular complexity index is 1030. The first-order valence-electron chi connectivity index (χ1n) is 9.70. The van der Waals surface area contributed by atoms with Crippen LogP contribution >= 0.6 is 0 Å². The van der Waals surface area contributed by atoms with Crippen LogP contribution < -0.4 is 9.80 Å². The van der Waals surface area contributed by atoms with Crippen molar-refractivity contribution in [3.8, 4) is 17.5 Å². The molecule has 0 spiro atoms. The number of furan rings is 1. The van der Waals surface area contributed by atoms with E-state index in [1.54, 1.807) is 6.26 Å². The second-order valence-electron chi connectivity index (χ2n) is 7.11. The van der Waals surface area contributed by atoms with Gasteiger partial charge >= 0.3 is 0 Å². The van der Waals surface area contributed by atoms with Gasteiger partial charge in [-0.05, 0) is 30.3 Å². The first-order valence-corrected chi connectivity index (χ1v) is 9.70. The predicted octanol–water partition coefficient (Wildman–Crippen LogP) is 2.40. The topological polar surface area (TPSA) is 91.3 Å². The number of ether oxygens (including phenoxy) is 1. The highest BCUT2D eigenvalue weighted by Gasteiger charge is 2.24. The van der Waals surface area contributed by atoms with Crippen molar-refractivity contribution in [2.45, 2.75) is 13.0 Å². The fraction of sp³-hybridized carbons (Fsp3) is 0.333. The molecule has 1 fully saturated rings. The summed E-state index contributed by atoms with van der Waals surface area (Å²) in [5.74, 6) is 2.34. The smallest absolute Gasteiger partial charge is 0.154 e. The highest BCUT2D eigenvalue weighted by atomic mass is 16.5. The molecule has 0 atom stereocenters. The molecule has 0 aromatic carbocycles. The maximum absolute atomic E-state index is 9.59. The molecule has 3 aromatic rings. The van der Waals surface area contributed by atoms with E-state index < -0.39 is 0 Å². The lowest BCUT2D eigenvalue weighted by atomic mass is 10.1. The number of pyridine rings is 1. The standard InChI is InChI=1S/C21H20N6O2/c22-13-15-12-16-14-28-11-5-17(16)23-21(15)27-8-6-26(7-9-27)20-4-3-18(24-25-20)19-2-1-10-29-19/h1-4,10,12H,5-9,11,14H2. The number of anilines is 2. The SMILES string of the molecule is N#Cc1cc2c(nc1N1CCN(c3ccc(-c4ccco4)nn3)CC1)CCOC2. The normalized spacial score (nSPS) is 16.4. The predicted molar refractivity (Wildman–Crippen MR) is 106 cm³/mol. The van der Waals surface area contributed by atoms with Crippen LogP contribution in [0, 0.1) is 11.3 Å². The molecule has 0 unspecified atom stereocenters. The fourth-order valence-electron chi connectivity index (χ4n) is 3.79. The Morgan fingerprint density at radius 2 is 1.90 bits per heavy atom. The molecule has 5 heterocycles. The Morgan fingerprint density at radius 3 is 2.62 bits per heavy atom. The summed E-state index contributed by atoms with van der Waals surface area (Å²) in [4.78, 5) is 9.20. The molecular formula is C21H20N6O2. The zero-order chi connectivity index (χ0) is 19.6. The third-order valence-corrected chi connectivity index (χ3v) is 5.36. The van der Waals surface area contributed by atoms with Crippen LogP contribution in [0.1, 0.15) is 16.8 Å². The van der Waals surface area contributed by atoms with Gasteiger partial charge in [0.05, 0.1) is 30.7 Å². The summed E-state index contributed by atoms with van der Waals surface area (Å²) < 4.78 is 10.9. The Balaban J connectivity index is 1.30. The molecule has 0 radical (unpaired) electrons. The van der Waals surface area contributed by atoms with E-state index in [9.17, 15) is 5.26 Å². The molecule has 0 bridgehead atoms. The minimum absolute atomic E-state index is 0.539. The van der Waals surface area contributed by atoms with Gasteiger partial charge in [0.15, 0.2) is 11.6 Å². The van der Waals surface area contributed by atoms with Crippen LogP contribution in [0.15, 0.2) is 41.0 Å². The van der Waals surface area contributed by atoms with Gasteiger partial charge in [-0.3, -0.25) is 0 Å². The van der Waals surface area contributed by atoms with Gasteiger partial charge in [-0.2, -0.15) is 5.26 Å². The van der Waals surface area contributed by atoms with E-state index in [-0.39, 0.29) is 0 Å². The van der Waals surface area contributed by atoms with Gasteiger partial charge in [0.1, 0.15) is 17.6 Å². The largest absolute Gasteiger partial charge is 0.463 e. The zero-order valence-electron chi connectivity index (χ0n) is 15.9. The van der Waals surface area contributed by atoms with Crippen molar-refractivity contribution in [1.82, 2.24) is 15.2 Å². The summed E-state index contributed by atoms with van der Waals surface area (Å²) in [6, 6.07) is 11.8. The van der Waals surface area contributed by atoms with Crippen molar-refractivity contribution in [3.05, 3.63) is 53.4 Å². The van der Waals surface area contributed by atoms with Gasteiger partial charge in [0.25, 0.3) is 0 Å². The van der Waals surface area contributed by atoms with Crippen molar-refractivity contribution in [3.63, 3.8) is 0 Å². The van der Waals surface area contributed by atoms with Crippen LogP contribution in [-0.2, 0) is 17.8 Å². The summed E-state index contributed by atoms with van der Waals surface area (Å²) in [6.45, 7) is 4.36. The van der Waals surface area contributed by atoms with Gasteiger partial charge in [-0.25, -0.2) is 4.98 Å². The molecule has 29 heavy (non-hydrogen) atoms. The van der Waals surface area contributed by atoms with Crippen molar-refractivity contribution in [2.24, 2.45) is 0 Å². The van der Waals surface area contributed by atoms with E-state index in [2.05, 4.69) is 26.1 Å². The van der Waals surface area contributed by atoms with E-state index >= 15 is 0 Å². The molecule has 0 N–H and O–H groups in total. The number of hydrogen-bond donors (Lipinski definition) is 0. The molecule has 5 rings (SSSR count). The van der Waals surface area contributed by atoms with E-state index in [1.165, 1.54) is 0 Å². The lowest BCUT2D eigenvalue weighted by molar-refractivity contribution is 0.109. The first-order chi connectivity index (χ1) is 14.3. The van der Waals surface area contributed by atoms with E-state index in [4.69, 9.17) is 14.1 Å². The Labute approximate surface area is 168 Å². The summed E-state index contributed by atoms with van der Waals surface area (Å²) in [7, 11) is 0. The molecule has 8 heteroatoms. The molecule has 146 valence electrons. The molecular weight excluding hydrogens is 368 g/mol. The Hall–Kier alpha value is -3.44. The van der Waals surface area contributed by atoms with E-state index in [0.29, 0.717) is 24.5 Å². The minimum atomic E-state index is 0.539. The lowest BCUT2D eigenvalue weighted by Crippen LogP contribution is -2.47. The Kier molecular flexibility index (Phi) is 4.58. The molecule has 0 saturated carbocycles. The highest BCUT2D eigenvalue weighted by Crippen LogP contribution is 2.26. The zero-order valence-corrected chi connectivity index (χ0v) is 15.9. The van der Waals surface area contributed by atoms with E-state index in [0.717, 1.165) is 61.2 Å². The van der Waals surface area contributed by atoms with E-state index in [1.807, 2.05) is 30.3 Å². The minimum Gasteiger partial charge on any atom is -0.463 e. The highest BCUT2D eigenvalue weighted by molar-refractivity contribution is 5.58. The second kappa shape index (κ2) is 7.53. The number of nitriles is 1. The van der Waals surface area contributed by atoms with Crippen LogP contribution in [0.25, 0.3) is 11.5 Å². The molecule has 3 aromatic heterocycles. The molecule has 1 saturated heterocycles. The van der Waals surface area contributed by atoms with Gasteiger partial charge in [-0.1, -0.05) is 0 Å². The fourth-order valence-corrected chi connectivity index (χ4v) is 3.79. The van der Waals surface area contributed by atoms with Crippen LogP contribution in [0.3, 0.4) is 0 Å². The number of nitrogens with zero attached hydrogens (tertiary/aromatic N) is 6. The maximum atomic E-state index is 9.59. The average Bonchev–Trinajstić information content (AvgIpc) is 3.33. The summed E-state index contributed by atoms with van der Waals surface area (Å²) in [6.07, 6.45) is 2.42. The quantitative estimate of drug-likeness (QED) is 0.675. The van der Waals surface area contributed by atoms with Gasteiger partial charge in [-0.15, -0.1) is 10.2 Å². The molecule has 8 nitrogen and oxygen atoms in total. The first kappa shape index (κ1) is 17.6. The lowest BCUT2D eigenvalue weighted by Gasteiger charge is -2.36. The van der Waals surface area contributed by atoms with Crippen LogP contribution in [-0.4, -0.2) is 48.0 Å². The third kappa shape index (κ3) is 3.41. The van der Waals surface area contributed by atoms with Gasteiger partial charge < -0.3 is 19.0 Å². The number of aromatic nitrogens is 3. The molecule has 2 aliphatic rings. The number of piperazine rings is 1. The van der Waals surface area contributed by atoms with Crippen molar-refractivity contribution in [1.29, 1.82) is 5.26 Å². The summed E-state index contributed by atoms with van der Waals surface area (Å²) in [5, 5.41) is 18.2. The van der Waals surface area contributed by atoms with Crippen LogP contribution in [0.2, 0.25) is 0 Å². The average molecular weight is 388 g/mol. The second-order valence-corrected chi connectivity index (χ2v) is 7.11. The summed E-state index contributed by atoms with van der Waals surface area (Å²) >= 11 is 0. The molecule has 0 aliphatic carbocycles. The van der Waals surface area contributed by atoms with Crippen molar-refractivity contribution >= 4 is 11.6 Å². The Morgan fingerprint density at radius 1 is 1.03 bits per heavy atom.